The molecular weight excluding hydrogens is 378 g/mol. The summed E-state index contributed by atoms with van der Waals surface area (Å²) in [5, 5.41) is 23.7. The van der Waals surface area contributed by atoms with Crippen LogP contribution in [0.1, 0.15) is 6.92 Å². The Morgan fingerprint density at radius 1 is 1.00 bits per heavy atom. The Bertz CT molecular complexity index is 984. The lowest BCUT2D eigenvalue weighted by Crippen LogP contribution is -2.14. The summed E-state index contributed by atoms with van der Waals surface area (Å²) in [7, 11) is 1.82. The number of aromatic nitrogens is 3. The average Bonchev–Trinajstić information content (AvgIpc) is 3.02. The van der Waals surface area contributed by atoms with Gasteiger partial charge in [-0.2, -0.15) is 0 Å². The van der Waals surface area contributed by atoms with Crippen molar-refractivity contribution in [3.63, 3.8) is 0 Å². The second-order valence-corrected chi connectivity index (χ2v) is 6.95. The number of carbonyl (C=O) groups is 2. The molecule has 0 aliphatic carbocycles. The zero-order valence-electron chi connectivity index (χ0n) is 15.3. The number of phenols is 1. The molecule has 8 nitrogen and oxygen atoms in total. The number of thioether (sulfide) groups is 1. The molecule has 1 aromatic heterocycles. The lowest BCUT2D eigenvalue weighted by atomic mass is 10.2. The molecule has 0 unspecified atom stereocenters. The van der Waals surface area contributed by atoms with Crippen LogP contribution in [-0.2, 0) is 16.6 Å². The van der Waals surface area contributed by atoms with Crippen molar-refractivity contribution in [1.82, 2.24) is 14.8 Å². The van der Waals surface area contributed by atoms with E-state index in [1.807, 2.05) is 7.05 Å². The number of hydrogen-bond acceptors (Lipinski definition) is 6. The molecule has 0 aliphatic rings. The van der Waals surface area contributed by atoms with E-state index in [1.54, 1.807) is 53.1 Å². The Morgan fingerprint density at radius 2 is 1.61 bits per heavy atom. The van der Waals surface area contributed by atoms with Crippen LogP contribution in [0.5, 0.6) is 5.75 Å². The predicted octanol–water partition coefficient (Wildman–Crippen LogP) is 2.88. The monoisotopic (exact) mass is 397 g/mol. The zero-order valence-corrected chi connectivity index (χ0v) is 16.2. The van der Waals surface area contributed by atoms with Gasteiger partial charge in [-0.05, 0) is 48.5 Å². The largest absolute Gasteiger partial charge is 0.508 e. The van der Waals surface area contributed by atoms with Crippen LogP contribution in [0.25, 0.3) is 11.4 Å². The second-order valence-electron chi connectivity index (χ2n) is 6.01. The molecule has 3 aromatic rings. The van der Waals surface area contributed by atoms with E-state index in [0.717, 1.165) is 5.56 Å². The van der Waals surface area contributed by atoms with E-state index < -0.39 is 0 Å². The van der Waals surface area contributed by atoms with Crippen LogP contribution in [-0.4, -0.2) is 37.4 Å². The minimum Gasteiger partial charge on any atom is -0.508 e. The molecule has 2 aromatic carbocycles. The summed E-state index contributed by atoms with van der Waals surface area (Å²) in [5.74, 6) is 0.684. The molecule has 144 valence electrons. The first-order chi connectivity index (χ1) is 13.4. The van der Waals surface area contributed by atoms with Gasteiger partial charge >= 0.3 is 0 Å². The normalized spacial score (nSPS) is 10.5. The minimum atomic E-state index is -0.175. The summed E-state index contributed by atoms with van der Waals surface area (Å²) in [6, 6.07) is 13.6. The van der Waals surface area contributed by atoms with Gasteiger partial charge in [0, 0.05) is 30.9 Å². The Balaban J connectivity index is 1.57. The number of carbonyl (C=O) groups excluding carboxylic acids is 2. The minimum absolute atomic E-state index is 0.150. The van der Waals surface area contributed by atoms with E-state index in [1.165, 1.54) is 18.7 Å². The average molecular weight is 397 g/mol. The summed E-state index contributed by atoms with van der Waals surface area (Å²) >= 11 is 1.28. The number of amides is 2. The molecule has 28 heavy (non-hydrogen) atoms. The van der Waals surface area contributed by atoms with Gasteiger partial charge in [-0.25, -0.2) is 0 Å². The molecule has 9 heteroatoms. The van der Waals surface area contributed by atoms with Gasteiger partial charge in [0.15, 0.2) is 11.0 Å². The number of nitrogens with zero attached hydrogens (tertiary/aromatic N) is 3. The molecule has 0 fully saturated rings. The van der Waals surface area contributed by atoms with Crippen LogP contribution in [0.15, 0.2) is 53.7 Å². The molecule has 3 N–H and O–H groups in total. The van der Waals surface area contributed by atoms with E-state index in [0.29, 0.717) is 22.4 Å². The van der Waals surface area contributed by atoms with Crippen LogP contribution in [0, 0.1) is 0 Å². The number of benzene rings is 2. The molecule has 0 saturated carbocycles. The Kier molecular flexibility index (Phi) is 5.95. The lowest BCUT2D eigenvalue weighted by Gasteiger charge is -2.07. The van der Waals surface area contributed by atoms with Gasteiger partial charge < -0.3 is 20.3 Å². The molecule has 2 amide bonds. The van der Waals surface area contributed by atoms with Crippen LogP contribution in [0.2, 0.25) is 0 Å². The van der Waals surface area contributed by atoms with E-state index in [4.69, 9.17) is 0 Å². The highest BCUT2D eigenvalue weighted by Crippen LogP contribution is 2.24. The molecule has 0 aliphatic heterocycles. The maximum Gasteiger partial charge on any atom is 0.234 e. The number of phenolic OH excluding ortho intramolecular Hbond substituents is 1. The number of aromatic hydroxyl groups is 1. The summed E-state index contributed by atoms with van der Waals surface area (Å²) in [5.41, 5.74) is 2.13. The number of hydrogen-bond donors (Lipinski definition) is 3. The van der Waals surface area contributed by atoms with Gasteiger partial charge in [-0.15, -0.1) is 10.2 Å². The SMILES string of the molecule is CC(=O)Nc1ccc(NC(=O)CSc2nnc(-c3ccc(O)cc3)n2C)cc1. The summed E-state index contributed by atoms with van der Waals surface area (Å²) in [6.45, 7) is 1.44. The Morgan fingerprint density at radius 3 is 2.21 bits per heavy atom. The smallest absolute Gasteiger partial charge is 0.234 e. The van der Waals surface area contributed by atoms with Gasteiger partial charge in [0.1, 0.15) is 5.75 Å². The zero-order chi connectivity index (χ0) is 20.1. The first-order valence-electron chi connectivity index (χ1n) is 8.41. The Labute approximate surface area is 166 Å². The summed E-state index contributed by atoms with van der Waals surface area (Å²) < 4.78 is 1.80. The molecular formula is C19H19N5O3S. The highest BCUT2D eigenvalue weighted by atomic mass is 32.2. The molecule has 1 heterocycles. The molecule has 0 saturated heterocycles. The van der Waals surface area contributed by atoms with Gasteiger partial charge in [-0.3, -0.25) is 9.59 Å². The van der Waals surface area contributed by atoms with Crippen molar-refractivity contribution in [3.8, 4) is 17.1 Å². The first-order valence-corrected chi connectivity index (χ1v) is 9.40. The first kappa shape index (κ1) is 19.4. The third-order valence-electron chi connectivity index (χ3n) is 3.78. The van der Waals surface area contributed by atoms with E-state index in [2.05, 4.69) is 20.8 Å². The van der Waals surface area contributed by atoms with Gasteiger partial charge in [0.2, 0.25) is 11.8 Å². The van der Waals surface area contributed by atoms with E-state index in [9.17, 15) is 14.7 Å². The highest BCUT2D eigenvalue weighted by Gasteiger charge is 2.13. The molecule has 0 radical (unpaired) electrons. The van der Waals surface area contributed by atoms with Crippen LogP contribution in [0.3, 0.4) is 0 Å². The van der Waals surface area contributed by atoms with E-state index in [-0.39, 0.29) is 23.3 Å². The molecule has 0 atom stereocenters. The predicted molar refractivity (Wildman–Crippen MR) is 108 cm³/mol. The second kappa shape index (κ2) is 8.57. The lowest BCUT2D eigenvalue weighted by molar-refractivity contribution is -0.114. The number of rotatable bonds is 6. The van der Waals surface area contributed by atoms with Gasteiger partial charge in [-0.1, -0.05) is 11.8 Å². The fourth-order valence-corrected chi connectivity index (χ4v) is 3.18. The highest BCUT2D eigenvalue weighted by molar-refractivity contribution is 7.99. The standard InChI is InChI=1S/C19H19N5O3S/c1-12(25)20-14-5-7-15(8-6-14)21-17(27)11-28-19-23-22-18(24(19)2)13-3-9-16(26)10-4-13/h3-10,26H,11H2,1-2H3,(H,20,25)(H,21,27). The van der Waals surface area contributed by atoms with Crippen LogP contribution in [0.4, 0.5) is 11.4 Å². The van der Waals surface area contributed by atoms with Crippen molar-refractivity contribution in [2.75, 3.05) is 16.4 Å². The van der Waals surface area contributed by atoms with Crippen LogP contribution < -0.4 is 10.6 Å². The van der Waals surface area contributed by atoms with Gasteiger partial charge in [0.05, 0.1) is 5.75 Å². The number of anilines is 2. The fourth-order valence-electron chi connectivity index (χ4n) is 2.47. The van der Waals surface area contributed by atoms with Crippen molar-refractivity contribution in [3.05, 3.63) is 48.5 Å². The maximum atomic E-state index is 12.2. The van der Waals surface area contributed by atoms with Crippen molar-refractivity contribution >= 4 is 35.0 Å². The van der Waals surface area contributed by atoms with Crippen molar-refractivity contribution in [2.45, 2.75) is 12.1 Å². The number of nitrogens with one attached hydrogen (secondary N) is 2. The van der Waals surface area contributed by atoms with Crippen molar-refractivity contribution in [2.24, 2.45) is 7.05 Å². The topological polar surface area (TPSA) is 109 Å². The van der Waals surface area contributed by atoms with Crippen molar-refractivity contribution < 1.29 is 14.7 Å². The third-order valence-corrected chi connectivity index (χ3v) is 4.80. The summed E-state index contributed by atoms with van der Waals surface area (Å²) in [4.78, 5) is 23.2. The Hall–Kier alpha value is -3.33. The summed E-state index contributed by atoms with van der Waals surface area (Å²) in [6.07, 6.45) is 0. The van der Waals surface area contributed by atoms with Crippen molar-refractivity contribution in [1.29, 1.82) is 0 Å². The molecule has 3 rings (SSSR count). The third kappa shape index (κ3) is 4.89. The molecule has 0 spiro atoms. The quantitative estimate of drug-likeness (QED) is 0.552. The van der Waals surface area contributed by atoms with Crippen LogP contribution >= 0.6 is 11.8 Å². The van der Waals surface area contributed by atoms with E-state index >= 15 is 0 Å². The fraction of sp³-hybridized carbons (Fsp3) is 0.158. The maximum absolute atomic E-state index is 12.2. The molecule has 0 bridgehead atoms. The van der Waals surface area contributed by atoms with Gasteiger partial charge in [0.25, 0.3) is 0 Å².